The van der Waals surface area contributed by atoms with E-state index in [0.717, 1.165) is 12.1 Å². The van der Waals surface area contributed by atoms with E-state index in [0.29, 0.717) is 4.47 Å². The molecule has 0 saturated heterocycles. The zero-order chi connectivity index (χ0) is 15.7. The molecule has 0 heterocycles. The zero-order valence-corrected chi connectivity index (χ0v) is 12.0. The SMILES string of the molecule is Nc1cc(C(=O)O)c(Nc2ccc(Br)cc2F)c(F)c1N. The molecule has 0 aliphatic rings. The van der Waals surface area contributed by atoms with Crippen molar-refractivity contribution >= 4 is 44.6 Å². The van der Waals surface area contributed by atoms with Crippen LogP contribution in [-0.2, 0) is 0 Å². The number of carboxylic acid groups (broad SMARTS) is 1. The molecule has 0 bridgehead atoms. The van der Waals surface area contributed by atoms with Gasteiger partial charge in [-0.15, -0.1) is 0 Å². The Kier molecular flexibility index (Phi) is 3.99. The molecule has 5 nitrogen and oxygen atoms in total. The molecule has 2 aromatic carbocycles. The fraction of sp³-hybridized carbons (Fsp3) is 0. The minimum atomic E-state index is -1.42. The van der Waals surface area contributed by atoms with E-state index in [1.165, 1.54) is 12.1 Å². The Labute approximate surface area is 126 Å². The van der Waals surface area contributed by atoms with Crippen LogP contribution in [0.15, 0.2) is 28.7 Å². The largest absolute Gasteiger partial charge is 0.478 e. The van der Waals surface area contributed by atoms with E-state index in [4.69, 9.17) is 16.6 Å². The molecular weight excluding hydrogens is 348 g/mol. The minimum absolute atomic E-state index is 0.0937. The van der Waals surface area contributed by atoms with Gasteiger partial charge >= 0.3 is 5.97 Å². The lowest BCUT2D eigenvalue weighted by atomic mass is 10.1. The number of hydrogen-bond donors (Lipinski definition) is 4. The van der Waals surface area contributed by atoms with Gasteiger partial charge in [0.1, 0.15) is 5.82 Å². The van der Waals surface area contributed by atoms with E-state index in [1.54, 1.807) is 0 Å². The van der Waals surface area contributed by atoms with Crippen LogP contribution in [0.1, 0.15) is 10.4 Å². The molecule has 0 aliphatic heterocycles. The summed E-state index contributed by atoms with van der Waals surface area (Å²) in [5.41, 5.74) is 9.28. The lowest BCUT2D eigenvalue weighted by molar-refractivity contribution is 0.0697. The minimum Gasteiger partial charge on any atom is -0.478 e. The van der Waals surface area contributed by atoms with Crippen molar-refractivity contribution in [2.45, 2.75) is 0 Å². The number of nitrogens with one attached hydrogen (secondary N) is 1. The Balaban J connectivity index is 2.57. The molecule has 0 radical (unpaired) electrons. The molecule has 0 atom stereocenters. The summed E-state index contributed by atoms with van der Waals surface area (Å²) in [6.45, 7) is 0. The van der Waals surface area contributed by atoms with Crippen LogP contribution in [0.25, 0.3) is 0 Å². The molecule has 110 valence electrons. The highest BCUT2D eigenvalue weighted by molar-refractivity contribution is 9.10. The summed E-state index contributed by atoms with van der Waals surface area (Å²) in [6, 6.07) is 5.02. The third-order valence-electron chi connectivity index (χ3n) is 2.76. The van der Waals surface area contributed by atoms with Crippen molar-refractivity contribution in [1.29, 1.82) is 0 Å². The second-order valence-corrected chi connectivity index (χ2v) is 5.09. The van der Waals surface area contributed by atoms with Crippen LogP contribution >= 0.6 is 15.9 Å². The summed E-state index contributed by atoms with van der Waals surface area (Å²) in [4.78, 5) is 11.2. The maximum Gasteiger partial charge on any atom is 0.338 e. The number of anilines is 4. The third kappa shape index (κ3) is 2.89. The van der Waals surface area contributed by atoms with Crippen LogP contribution < -0.4 is 16.8 Å². The molecule has 0 fully saturated rings. The lowest BCUT2D eigenvalue weighted by Gasteiger charge is -2.14. The molecule has 0 aliphatic carbocycles. The Morgan fingerprint density at radius 2 is 1.90 bits per heavy atom. The van der Waals surface area contributed by atoms with Crippen molar-refractivity contribution in [3.8, 4) is 0 Å². The molecule has 0 saturated carbocycles. The van der Waals surface area contributed by atoms with Crippen molar-refractivity contribution in [2.24, 2.45) is 0 Å². The van der Waals surface area contributed by atoms with Crippen molar-refractivity contribution in [3.05, 3.63) is 45.9 Å². The summed E-state index contributed by atoms with van der Waals surface area (Å²) < 4.78 is 28.4. The van der Waals surface area contributed by atoms with Crippen LogP contribution in [0.3, 0.4) is 0 Å². The number of halogens is 3. The predicted molar refractivity (Wildman–Crippen MR) is 79.6 cm³/mol. The summed E-state index contributed by atoms with van der Waals surface area (Å²) >= 11 is 3.08. The van der Waals surface area contributed by atoms with Gasteiger partial charge in [-0.05, 0) is 24.3 Å². The van der Waals surface area contributed by atoms with Crippen LogP contribution in [0.4, 0.5) is 31.5 Å². The normalized spacial score (nSPS) is 10.4. The maximum atomic E-state index is 14.1. The van der Waals surface area contributed by atoms with E-state index in [1.807, 2.05) is 0 Å². The molecule has 0 spiro atoms. The molecule has 0 unspecified atom stereocenters. The Morgan fingerprint density at radius 1 is 1.24 bits per heavy atom. The van der Waals surface area contributed by atoms with Crippen LogP contribution in [0.5, 0.6) is 0 Å². The molecule has 6 N–H and O–H groups in total. The Bertz CT molecular complexity index is 738. The average molecular weight is 358 g/mol. The van der Waals surface area contributed by atoms with Crippen LogP contribution in [0.2, 0.25) is 0 Å². The first-order valence-electron chi connectivity index (χ1n) is 5.64. The van der Waals surface area contributed by atoms with Gasteiger partial charge in [0.05, 0.1) is 28.3 Å². The second kappa shape index (κ2) is 5.57. The van der Waals surface area contributed by atoms with E-state index in [2.05, 4.69) is 21.2 Å². The second-order valence-electron chi connectivity index (χ2n) is 4.17. The average Bonchev–Trinajstić information content (AvgIpc) is 2.41. The van der Waals surface area contributed by atoms with Crippen molar-refractivity contribution in [2.75, 3.05) is 16.8 Å². The van der Waals surface area contributed by atoms with Crippen molar-refractivity contribution < 1.29 is 18.7 Å². The molecule has 8 heteroatoms. The van der Waals surface area contributed by atoms with Gasteiger partial charge in [-0.3, -0.25) is 0 Å². The van der Waals surface area contributed by atoms with Gasteiger partial charge in [0.25, 0.3) is 0 Å². The van der Waals surface area contributed by atoms with E-state index in [9.17, 15) is 13.6 Å². The number of benzene rings is 2. The highest BCUT2D eigenvalue weighted by atomic mass is 79.9. The number of rotatable bonds is 3. The fourth-order valence-corrected chi connectivity index (χ4v) is 2.03. The van der Waals surface area contributed by atoms with Gasteiger partial charge in [-0.1, -0.05) is 15.9 Å². The summed E-state index contributed by atoms with van der Waals surface area (Å²) in [5, 5.41) is 11.5. The summed E-state index contributed by atoms with van der Waals surface area (Å²) in [7, 11) is 0. The maximum absolute atomic E-state index is 14.1. The molecule has 2 aromatic rings. The van der Waals surface area contributed by atoms with Crippen molar-refractivity contribution in [3.63, 3.8) is 0 Å². The first-order chi connectivity index (χ1) is 9.81. The number of aromatic carboxylic acids is 1. The van der Waals surface area contributed by atoms with Gasteiger partial charge in [-0.2, -0.15) is 0 Å². The number of nitrogens with two attached hydrogens (primary N) is 2. The highest BCUT2D eigenvalue weighted by Crippen LogP contribution is 2.33. The van der Waals surface area contributed by atoms with Crippen LogP contribution in [-0.4, -0.2) is 11.1 Å². The number of carboxylic acids is 1. The molecule has 0 aromatic heterocycles. The fourth-order valence-electron chi connectivity index (χ4n) is 1.70. The van der Waals surface area contributed by atoms with Crippen molar-refractivity contribution in [1.82, 2.24) is 0 Å². The monoisotopic (exact) mass is 357 g/mol. The Hall–Kier alpha value is -2.35. The standard InChI is InChI=1S/C13H10BrF2N3O2/c14-5-1-2-9(7(15)3-5)19-12-6(13(20)21)4-8(17)11(18)10(12)16/h1-4,19H,17-18H2,(H,20,21). The summed E-state index contributed by atoms with van der Waals surface area (Å²) in [6.07, 6.45) is 0. The van der Waals surface area contributed by atoms with Gasteiger partial charge in [-0.25, -0.2) is 13.6 Å². The molecule has 2 rings (SSSR count). The quantitative estimate of drug-likeness (QED) is 0.631. The van der Waals surface area contributed by atoms with E-state index < -0.39 is 34.5 Å². The number of hydrogen-bond acceptors (Lipinski definition) is 4. The first kappa shape index (κ1) is 15.0. The Morgan fingerprint density at radius 3 is 2.48 bits per heavy atom. The van der Waals surface area contributed by atoms with Gasteiger partial charge < -0.3 is 21.9 Å². The topological polar surface area (TPSA) is 101 Å². The lowest BCUT2D eigenvalue weighted by Crippen LogP contribution is -2.10. The highest BCUT2D eigenvalue weighted by Gasteiger charge is 2.20. The van der Waals surface area contributed by atoms with Gasteiger partial charge in [0.2, 0.25) is 0 Å². The van der Waals surface area contributed by atoms with E-state index >= 15 is 0 Å². The molecular formula is C13H10BrF2N3O2. The number of nitrogen functional groups attached to an aromatic ring is 2. The van der Waals surface area contributed by atoms with Crippen LogP contribution in [0, 0.1) is 11.6 Å². The zero-order valence-electron chi connectivity index (χ0n) is 10.5. The number of carbonyl (C=O) groups is 1. The van der Waals surface area contributed by atoms with Gasteiger partial charge in [0, 0.05) is 4.47 Å². The molecule has 21 heavy (non-hydrogen) atoms. The third-order valence-corrected chi connectivity index (χ3v) is 3.25. The summed E-state index contributed by atoms with van der Waals surface area (Å²) in [5.74, 6) is -3.15. The predicted octanol–water partition coefficient (Wildman–Crippen LogP) is 3.33. The molecule has 0 amide bonds. The van der Waals surface area contributed by atoms with Gasteiger partial charge in [0.15, 0.2) is 5.82 Å². The smallest absolute Gasteiger partial charge is 0.338 e. The van der Waals surface area contributed by atoms with E-state index in [-0.39, 0.29) is 11.4 Å². The first-order valence-corrected chi connectivity index (χ1v) is 6.43.